The van der Waals surface area contributed by atoms with Gasteiger partial charge in [0.05, 0.1) is 36.1 Å². The van der Waals surface area contributed by atoms with Crippen LogP contribution in [-0.4, -0.2) is 92.8 Å². The molecule has 9 nitrogen and oxygen atoms in total. The highest BCUT2D eigenvalue weighted by Gasteiger charge is 2.40. The zero-order valence-corrected chi connectivity index (χ0v) is 18.4. The molecular weight excluding hydrogens is 404 g/mol. The summed E-state index contributed by atoms with van der Waals surface area (Å²) in [6.07, 6.45) is 0.992. The second-order valence-corrected chi connectivity index (χ2v) is 11.7. The lowest BCUT2D eigenvalue weighted by Crippen LogP contribution is -2.44. The third-order valence-electron chi connectivity index (χ3n) is 5.58. The molecule has 2 aliphatic rings. The molecule has 1 aromatic heterocycles. The Morgan fingerprint density at radius 2 is 1.93 bits per heavy atom. The third-order valence-corrected chi connectivity index (χ3v) is 9.54. The van der Waals surface area contributed by atoms with E-state index in [9.17, 15) is 16.8 Å². The molecule has 0 bridgehead atoms. The van der Waals surface area contributed by atoms with Gasteiger partial charge in [0.1, 0.15) is 4.90 Å². The van der Waals surface area contributed by atoms with Crippen molar-refractivity contribution < 1.29 is 21.6 Å². The minimum Gasteiger partial charge on any atom is -0.379 e. The van der Waals surface area contributed by atoms with Gasteiger partial charge in [-0.25, -0.2) is 16.8 Å². The Kier molecular flexibility index (Phi) is 6.50. The summed E-state index contributed by atoms with van der Waals surface area (Å²) in [5.41, 5.74) is 1.01. The van der Waals surface area contributed by atoms with Gasteiger partial charge >= 0.3 is 0 Å². The van der Waals surface area contributed by atoms with Crippen LogP contribution in [0.25, 0.3) is 0 Å². The van der Waals surface area contributed by atoms with E-state index >= 15 is 0 Å². The topological polar surface area (TPSA) is 102 Å². The minimum absolute atomic E-state index is 0.0398. The van der Waals surface area contributed by atoms with E-state index in [1.807, 2.05) is 0 Å². The van der Waals surface area contributed by atoms with Crippen molar-refractivity contribution in [2.24, 2.45) is 7.05 Å². The van der Waals surface area contributed by atoms with E-state index in [1.165, 1.54) is 4.31 Å². The van der Waals surface area contributed by atoms with Gasteiger partial charge in [-0.3, -0.25) is 9.58 Å². The molecule has 1 unspecified atom stereocenters. The molecule has 0 N–H and O–H groups in total. The van der Waals surface area contributed by atoms with Gasteiger partial charge in [-0.1, -0.05) is 0 Å². The number of aromatic nitrogens is 2. The molecule has 0 spiro atoms. The van der Waals surface area contributed by atoms with Crippen LogP contribution in [0.3, 0.4) is 0 Å². The molecule has 0 aromatic carbocycles. The maximum Gasteiger partial charge on any atom is 0.247 e. The summed E-state index contributed by atoms with van der Waals surface area (Å²) in [6.45, 7) is 7.53. The first-order valence-electron chi connectivity index (χ1n) is 9.64. The van der Waals surface area contributed by atoms with Crippen molar-refractivity contribution in [3.63, 3.8) is 0 Å². The number of hydrogen-bond donors (Lipinski definition) is 0. The van der Waals surface area contributed by atoms with E-state index in [1.54, 1.807) is 25.6 Å². The fourth-order valence-electron chi connectivity index (χ4n) is 4.02. The summed E-state index contributed by atoms with van der Waals surface area (Å²) >= 11 is 0. The van der Waals surface area contributed by atoms with Gasteiger partial charge in [0, 0.05) is 32.7 Å². The Morgan fingerprint density at radius 3 is 2.46 bits per heavy atom. The zero-order chi connectivity index (χ0) is 20.5. The van der Waals surface area contributed by atoms with Gasteiger partial charge in [-0.15, -0.1) is 0 Å². The molecule has 1 atom stereocenters. The van der Waals surface area contributed by atoms with E-state index in [4.69, 9.17) is 4.74 Å². The Bertz CT molecular complexity index is 904. The molecule has 3 heterocycles. The second kappa shape index (κ2) is 8.39. The molecule has 11 heteroatoms. The van der Waals surface area contributed by atoms with Crippen molar-refractivity contribution in [3.8, 4) is 0 Å². The van der Waals surface area contributed by atoms with Gasteiger partial charge in [-0.2, -0.15) is 9.40 Å². The number of ether oxygens (including phenoxy) is 1. The van der Waals surface area contributed by atoms with Crippen molar-refractivity contribution in [2.45, 2.75) is 37.6 Å². The van der Waals surface area contributed by atoms with Crippen molar-refractivity contribution in [1.82, 2.24) is 19.0 Å². The fraction of sp³-hybridized carbons (Fsp3) is 0.824. The zero-order valence-electron chi connectivity index (χ0n) is 16.8. The normalized spacial score (nSPS) is 23.5. The average Bonchev–Trinajstić information content (AvgIpc) is 3.10. The Balaban J connectivity index is 1.82. The number of aryl methyl sites for hydroxylation is 2. The van der Waals surface area contributed by atoms with Crippen LogP contribution in [0.5, 0.6) is 0 Å². The fourth-order valence-corrected chi connectivity index (χ4v) is 7.94. The predicted octanol–water partition coefficient (Wildman–Crippen LogP) is -0.0630. The van der Waals surface area contributed by atoms with Crippen LogP contribution in [0, 0.1) is 13.8 Å². The monoisotopic (exact) mass is 434 g/mol. The molecular formula is C17H30N4O5S2. The number of rotatable bonds is 7. The molecule has 1 aromatic rings. The summed E-state index contributed by atoms with van der Waals surface area (Å²) in [6, 6.07) is -0.515. The molecule has 0 radical (unpaired) electrons. The van der Waals surface area contributed by atoms with Crippen LogP contribution in [0.4, 0.5) is 0 Å². The quantitative estimate of drug-likeness (QED) is 0.592. The van der Waals surface area contributed by atoms with E-state index in [0.717, 1.165) is 19.6 Å². The maximum atomic E-state index is 13.5. The molecule has 3 rings (SSSR count). The van der Waals surface area contributed by atoms with Crippen LogP contribution in [0.1, 0.15) is 24.2 Å². The first kappa shape index (κ1) is 21.7. The summed E-state index contributed by atoms with van der Waals surface area (Å²) in [5.74, 6) is -0.0692. The van der Waals surface area contributed by atoms with E-state index in [0.29, 0.717) is 44.0 Å². The van der Waals surface area contributed by atoms with Gasteiger partial charge in [-0.05, 0) is 33.2 Å². The number of morpholine rings is 1. The number of hydrogen-bond acceptors (Lipinski definition) is 7. The Labute approximate surface area is 167 Å². The number of sulfone groups is 1. The maximum absolute atomic E-state index is 13.5. The van der Waals surface area contributed by atoms with E-state index < -0.39 is 25.9 Å². The Hall–Kier alpha value is -1.01. The van der Waals surface area contributed by atoms with E-state index in [2.05, 4.69) is 10.00 Å². The largest absolute Gasteiger partial charge is 0.379 e. The van der Waals surface area contributed by atoms with Crippen LogP contribution < -0.4 is 0 Å². The molecule has 0 amide bonds. The second-order valence-electron chi connectivity index (χ2n) is 7.60. The molecule has 2 fully saturated rings. The molecule has 0 saturated carbocycles. The van der Waals surface area contributed by atoms with E-state index in [-0.39, 0.29) is 16.4 Å². The molecule has 28 heavy (non-hydrogen) atoms. The first-order chi connectivity index (χ1) is 13.1. The summed E-state index contributed by atoms with van der Waals surface area (Å²) in [7, 11) is -5.32. The number of sulfonamides is 1. The van der Waals surface area contributed by atoms with Crippen molar-refractivity contribution in [1.29, 1.82) is 0 Å². The lowest BCUT2D eigenvalue weighted by molar-refractivity contribution is 0.0367. The predicted molar refractivity (Wildman–Crippen MR) is 106 cm³/mol. The molecule has 2 saturated heterocycles. The van der Waals surface area contributed by atoms with Crippen LogP contribution >= 0.6 is 0 Å². The third kappa shape index (κ3) is 4.59. The molecule has 0 aliphatic carbocycles. The molecule has 2 aliphatic heterocycles. The standard InChI is InChI=1S/C17H30N4O5S2/c1-14-17(15(2)19(3)18-14)28(24,25)21(16-5-12-27(22,23)13-16)7-4-6-20-8-10-26-11-9-20/h16H,4-13H2,1-3H3. The van der Waals surface area contributed by atoms with Crippen LogP contribution in [0.15, 0.2) is 4.90 Å². The number of nitrogens with zero attached hydrogens (tertiary/aromatic N) is 4. The summed E-state index contributed by atoms with van der Waals surface area (Å²) in [5, 5.41) is 4.24. The SMILES string of the molecule is Cc1nn(C)c(C)c1S(=O)(=O)N(CCCN1CCOCC1)C1CCS(=O)(=O)C1. The highest BCUT2D eigenvalue weighted by molar-refractivity contribution is 7.92. The lowest BCUT2D eigenvalue weighted by atomic mass is 10.2. The summed E-state index contributed by atoms with van der Waals surface area (Å²) < 4.78 is 59.4. The van der Waals surface area contributed by atoms with Crippen molar-refractivity contribution >= 4 is 19.9 Å². The highest BCUT2D eigenvalue weighted by atomic mass is 32.2. The van der Waals surface area contributed by atoms with Gasteiger partial charge in [0.25, 0.3) is 0 Å². The first-order valence-corrected chi connectivity index (χ1v) is 12.9. The van der Waals surface area contributed by atoms with Gasteiger partial charge < -0.3 is 4.74 Å². The van der Waals surface area contributed by atoms with Gasteiger partial charge in [0.15, 0.2) is 9.84 Å². The minimum atomic E-state index is -3.84. The highest BCUT2D eigenvalue weighted by Crippen LogP contribution is 2.28. The smallest absolute Gasteiger partial charge is 0.247 e. The Morgan fingerprint density at radius 1 is 1.25 bits per heavy atom. The molecule has 160 valence electrons. The van der Waals surface area contributed by atoms with Crippen molar-refractivity contribution in [3.05, 3.63) is 11.4 Å². The summed E-state index contributed by atoms with van der Waals surface area (Å²) in [4.78, 5) is 2.45. The average molecular weight is 435 g/mol. The van der Waals surface area contributed by atoms with Crippen molar-refractivity contribution in [2.75, 3.05) is 50.9 Å². The van der Waals surface area contributed by atoms with Crippen LogP contribution in [0.2, 0.25) is 0 Å². The van der Waals surface area contributed by atoms with Crippen LogP contribution in [-0.2, 0) is 31.6 Å². The lowest BCUT2D eigenvalue weighted by Gasteiger charge is -2.30. The van der Waals surface area contributed by atoms with Gasteiger partial charge in [0.2, 0.25) is 10.0 Å².